The first-order valence-corrected chi connectivity index (χ1v) is 7.49. The number of benzene rings is 1. The van der Waals surface area contributed by atoms with E-state index in [0.29, 0.717) is 31.1 Å². The number of ketones is 1. The Morgan fingerprint density at radius 1 is 1.23 bits per heavy atom. The van der Waals surface area contributed by atoms with Crippen molar-refractivity contribution in [1.82, 2.24) is 4.90 Å². The number of Topliss-reactive ketones (excluding diaryl/α,β-unsaturated/α-hetero) is 1. The molecule has 0 unspecified atom stereocenters. The van der Waals surface area contributed by atoms with Crippen LogP contribution >= 0.6 is 0 Å². The molecule has 22 heavy (non-hydrogen) atoms. The highest BCUT2D eigenvalue weighted by atomic mass is 16.5. The maximum atomic E-state index is 12.3. The van der Waals surface area contributed by atoms with Gasteiger partial charge in [0.15, 0.2) is 5.78 Å². The number of nitrogens with zero attached hydrogens (tertiary/aromatic N) is 1. The van der Waals surface area contributed by atoms with Crippen molar-refractivity contribution in [2.24, 2.45) is 0 Å². The third kappa shape index (κ3) is 3.85. The van der Waals surface area contributed by atoms with E-state index >= 15 is 0 Å². The molecule has 1 heterocycles. The van der Waals surface area contributed by atoms with Gasteiger partial charge in [-0.25, -0.2) is 0 Å². The Balaban J connectivity index is 1.91. The predicted octanol–water partition coefficient (Wildman–Crippen LogP) is 2.30. The maximum absolute atomic E-state index is 12.3. The van der Waals surface area contributed by atoms with E-state index in [1.54, 1.807) is 31.4 Å². The number of carbonyl (C=O) groups excluding carboxylic acids is 2. The van der Waals surface area contributed by atoms with Gasteiger partial charge in [-0.15, -0.1) is 0 Å². The highest BCUT2D eigenvalue weighted by Gasteiger charge is 2.33. The number of rotatable bonds is 5. The summed E-state index contributed by atoms with van der Waals surface area (Å²) in [5.74, 6) is 0.694. The first-order valence-electron chi connectivity index (χ1n) is 7.49. The average molecular weight is 305 g/mol. The van der Waals surface area contributed by atoms with Gasteiger partial charge >= 0.3 is 0 Å². The third-order valence-corrected chi connectivity index (χ3v) is 3.92. The number of hydrogen-bond acceptors (Lipinski definition) is 4. The molecule has 0 N–H and O–H groups in total. The van der Waals surface area contributed by atoms with Crippen molar-refractivity contribution in [1.29, 1.82) is 0 Å². The Labute approximate surface area is 131 Å². The summed E-state index contributed by atoms with van der Waals surface area (Å²) in [6.07, 6.45) is 0.451. The average Bonchev–Trinajstić information content (AvgIpc) is 2.52. The van der Waals surface area contributed by atoms with Gasteiger partial charge in [-0.1, -0.05) is 0 Å². The van der Waals surface area contributed by atoms with Crippen molar-refractivity contribution in [3.8, 4) is 5.75 Å². The summed E-state index contributed by atoms with van der Waals surface area (Å²) in [6, 6.07) is 6.95. The van der Waals surface area contributed by atoms with Gasteiger partial charge in [0.1, 0.15) is 5.75 Å². The summed E-state index contributed by atoms with van der Waals surface area (Å²) in [7, 11) is 1.58. The van der Waals surface area contributed by atoms with Crippen LogP contribution in [-0.4, -0.2) is 49.0 Å². The summed E-state index contributed by atoms with van der Waals surface area (Å²) in [5, 5.41) is 0. The second-order valence-corrected chi connectivity index (χ2v) is 6.06. The predicted molar refractivity (Wildman–Crippen MR) is 83.2 cm³/mol. The van der Waals surface area contributed by atoms with E-state index in [1.165, 1.54) is 0 Å². The third-order valence-electron chi connectivity index (χ3n) is 3.92. The number of carbonyl (C=O) groups is 2. The summed E-state index contributed by atoms with van der Waals surface area (Å²) in [6.45, 7) is 5.64. The fourth-order valence-corrected chi connectivity index (χ4v) is 2.60. The topological polar surface area (TPSA) is 55.8 Å². The van der Waals surface area contributed by atoms with E-state index in [4.69, 9.17) is 9.47 Å². The molecule has 1 saturated heterocycles. The first-order chi connectivity index (χ1) is 10.4. The van der Waals surface area contributed by atoms with Crippen LogP contribution in [0.25, 0.3) is 0 Å². The lowest BCUT2D eigenvalue weighted by Crippen LogP contribution is -2.55. The molecule has 0 spiro atoms. The quantitative estimate of drug-likeness (QED) is 0.783. The molecular weight excluding hydrogens is 282 g/mol. The van der Waals surface area contributed by atoms with Crippen LogP contribution in [0.3, 0.4) is 0 Å². The maximum Gasteiger partial charge on any atom is 0.223 e. The summed E-state index contributed by atoms with van der Waals surface area (Å²) in [4.78, 5) is 26.3. The van der Waals surface area contributed by atoms with Crippen LogP contribution in [0.4, 0.5) is 0 Å². The minimum Gasteiger partial charge on any atom is -0.497 e. The van der Waals surface area contributed by atoms with Crippen molar-refractivity contribution >= 4 is 11.7 Å². The van der Waals surface area contributed by atoms with E-state index in [1.807, 2.05) is 18.7 Å². The minimum absolute atomic E-state index is 0.00941. The van der Waals surface area contributed by atoms with Crippen LogP contribution in [0.2, 0.25) is 0 Å². The van der Waals surface area contributed by atoms with Crippen LogP contribution in [0, 0.1) is 0 Å². The fourth-order valence-electron chi connectivity index (χ4n) is 2.60. The van der Waals surface area contributed by atoms with Gasteiger partial charge in [-0.2, -0.15) is 0 Å². The molecule has 2 rings (SSSR count). The number of morpholine rings is 1. The summed E-state index contributed by atoms with van der Waals surface area (Å²) >= 11 is 0. The van der Waals surface area contributed by atoms with Gasteiger partial charge in [0, 0.05) is 24.9 Å². The van der Waals surface area contributed by atoms with E-state index < -0.39 is 0 Å². The number of methoxy groups -OCH3 is 1. The van der Waals surface area contributed by atoms with Crippen molar-refractivity contribution in [3.05, 3.63) is 29.8 Å². The van der Waals surface area contributed by atoms with Gasteiger partial charge in [-0.05, 0) is 38.1 Å². The van der Waals surface area contributed by atoms with Crippen molar-refractivity contribution in [3.63, 3.8) is 0 Å². The molecule has 0 aromatic heterocycles. The second-order valence-electron chi connectivity index (χ2n) is 6.06. The van der Waals surface area contributed by atoms with Gasteiger partial charge < -0.3 is 14.4 Å². The smallest absolute Gasteiger partial charge is 0.223 e. The van der Waals surface area contributed by atoms with E-state index in [2.05, 4.69) is 0 Å². The lowest BCUT2D eigenvalue weighted by Gasteiger charge is -2.42. The van der Waals surface area contributed by atoms with Crippen LogP contribution in [-0.2, 0) is 9.53 Å². The molecule has 0 atom stereocenters. The molecule has 0 aliphatic carbocycles. The highest BCUT2D eigenvalue weighted by Crippen LogP contribution is 2.21. The molecule has 0 bridgehead atoms. The van der Waals surface area contributed by atoms with Crippen LogP contribution < -0.4 is 4.74 Å². The van der Waals surface area contributed by atoms with Crippen molar-refractivity contribution < 1.29 is 19.1 Å². The zero-order valence-corrected chi connectivity index (χ0v) is 13.4. The Hall–Kier alpha value is -1.88. The van der Waals surface area contributed by atoms with Gasteiger partial charge in [0.2, 0.25) is 5.91 Å². The molecule has 0 saturated carbocycles. The number of hydrogen-bond donors (Lipinski definition) is 0. The molecular formula is C17H23NO4. The molecule has 1 fully saturated rings. The molecule has 120 valence electrons. The fraction of sp³-hybridized carbons (Fsp3) is 0.529. The van der Waals surface area contributed by atoms with Crippen molar-refractivity contribution in [2.75, 3.05) is 26.9 Å². The van der Waals surface area contributed by atoms with Crippen LogP contribution in [0.1, 0.15) is 37.0 Å². The SMILES string of the molecule is COc1ccc(C(=O)CCC(=O)N2CCOCC2(C)C)cc1. The molecule has 1 aromatic carbocycles. The standard InChI is InChI=1S/C17H23NO4/c1-17(2)12-22-11-10-18(17)16(20)9-8-15(19)13-4-6-14(21-3)7-5-13/h4-7H,8-12H2,1-3H3. The molecule has 1 aromatic rings. The largest absolute Gasteiger partial charge is 0.497 e. The Morgan fingerprint density at radius 3 is 2.50 bits per heavy atom. The van der Waals surface area contributed by atoms with E-state index in [-0.39, 0.29) is 30.1 Å². The number of ether oxygens (including phenoxy) is 2. The van der Waals surface area contributed by atoms with Crippen LogP contribution in [0.5, 0.6) is 5.75 Å². The van der Waals surface area contributed by atoms with Crippen molar-refractivity contribution in [2.45, 2.75) is 32.2 Å². The normalized spacial score (nSPS) is 17.1. The summed E-state index contributed by atoms with van der Waals surface area (Å²) < 4.78 is 10.5. The second kappa shape index (κ2) is 6.92. The first kappa shape index (κ1) is 16.5. The summed E-state index contributed by atoms with van der Waals surface area (Å²) in [5.41, 5.74) is 0.299. The van der Waals surface area contributed by atoms with E-state index in [9.17, 15) is 9.59 Å². The Morgan fingerprint density at radius 2 is 1.91 bits per heavy atom. The zero-order valence-electron chi connectivity index (χ0n) is 13.4. The molecule has 1 aliphatic heterocycles. The Bertz CT molecular complexity index is 536. The molecule has 5 nitrogen and oxygen atoms in total. The zero-order chi connectivity index (χ0) is 16.2. The number of amides is 1. The molecule has 0 radical (unpaired) electrons. The Kier molecular flexibility index (Phi) is 5.19. The molecule has 5 heteroatoms. The monoisotopic (exact) mass is 305 g/mol. The lowest BCUT2D eigenvalue weighted by atomic mass is 10.0. The highest BCUT2D eigenvalue weighted by molar-refractivity contribution is 5.98. The van der Waals surface area contributed by atoms with Gasteiger partial charge in [0.05, 0.1) is 25.9 Å². The van der Waals surface area contributed by atoms with Crippen LogP contribution in [0.15, 0.2) is 24.3 Å². The van der Waals surface area contributed by atoms with Gasteiger partial charge in [-0.3, -0.25) is 9.59 Å². The lowest BCUT2D eigenvalue weighted by molar-refractivity contribution is -0.146. The van der Waals surface area contributed by atoms with E-state index in [0.717, 1.165) is 0 Å². The molecule has 1 aliphatic rings. The van der Waals surface area contributed by atoms with Gasteiger partial charge in [0.25, 0.3) is 0 Å². The molecule has 1 amide bonds. The minimum atomic E-state index is -0.307.